The Morgan fingerprint density at radius 1 is 1.45 bits per heavy atom. The molecule has 1 aliphatic rings. The van der Waals surface area contributed by atoms with Crippen molar-refractivity contribution < 1.29 is 9.53 Å². The van der Waals surface area contributed by atoms with Crippen LogP contribution in [0.25, 0.3) is 0 Å². The average molecular weight is 276 g/mol. The van der Waals surface area contributed by atoms with Crippen LogP contribution in [0.5, 0.6) is 0 Å². The van der Waals surface area contributed by atoms with Crippen molar-refractivity contribution in [2.75, 3.05) is 25.5 Å². The van der Waals surface area contributed by atoms with E-state index in [1.807, 2.05) is 6.92 Å². The van der Waals surface area contributed by atoms with Gasteiger partial charge in [-0.2, -0.15) is 0 Å². The van der Waals surface area contributed by atoms with E-state index in [9.17, 15) is 4.79 Å². The van der Waals surface area contributed by atoms with Gasteiger partial charge in [0.1, 0.15) is 0 Å². The van der Waals surface area contributed by atoms with E-state index in [1.165, 1.54) is 19.3 Å². The molecule has 2 rings (SSSR count). The van der Waals surface area contributed by atoms with Crippen LogP contribution >= 0.6 is 0 Å². The number of nitrogen functional groups attached to an aromatic ring is 1. The number of benzene rings is 1. The first-order chi connectivity index (χ1) is 9.65. The van der Waals surface area contributed by atoms with Crippen molar-refractivity contribution in [3.8, 4) is 0 Å². The monoisotopic (exact) mass is 276 g/mol. The molecule has 3 N–H and O–H groups in total. The van der Waals surface area contributed by atoms with Crippen molar-refractivity contribution >= 4 is 11.6 Å². The quantitative estimate of drug-likeness (QED) is 0.594. The number of hydrogen-bond donors (Lipinski definition) is 2. The Bertz CT molecular complexity index is 456. The fourth-order valence-corrected chi connectivity index (χ4v) is 2.67. The number of nitrogens with two attached hydrogens (primary N) is 1. The van der Waals surface area contributed by atoms with E-state index in [-0.39, 0.29) is 11.3 Å². The zero-order chi connectivity index (χ0) is 14.4. The summed E-state index contributed by atoms with van der Waals surface area (Å²) in [6.07, 6.45) is 4.63. The molecule has 1 saturated carbocycles. The number of carbonyl (C=O) groups is 1. The van der Waals surface area contributed by atoms with Gasteiger partial charge in [0.2, 0.25) is 0 Å². The number of hydrogen-bond acceptors (Lipinski definition) is 3. The topological polar surface area (TPSA) is 64.3 Å². The lowest BCUT2D eigenvalue weighted by Gasteiger charge is -2.42. The molecule has 1 aliphatic carbocycles. The van der Waals surface area contributed by atoms with Gasteiger partial charge in [0, 0.05) is 31.0 Å². The van der Waals surface area contributed by atoms with Crippen molar-refractivity contribution in [1.82, 2.24) is 5.32 Å². The summed E-state index contributed by atoms with van der Waals surface area (Å²) in [6.45, 7) is 4.28. The Labute approximate surface area is 120 Å². The maximum atomic E-state index is 12.1. The molecule has 1 amide bonds. The molecule has 0 spiro atoms. The average Bonchev–Trinajstić information content (AvgIpc) is 2.40. The minimum atomic E-state index is -0.0417. The molecule has 1 fully saturated rings. The minimum absolute atomic E-state index is 0.0417. The van der Waals surface area contributed by atoms with Crippen LogP contribution < -0.4 is 11.1 Å². The van der Waals surface area contributed by atoms with E-state index >= 15 is 0 Å². The van der Waals surface area contributed by atoms with Gasteiger partial charge >= 0.3 is 0 Å². The van der Waals surface area contributed by atoms with Crippen LogP contribution in [0.15, 0.2) is 24.3 Å². The number of rotatable bonds is 7. The van der Waals surface area contributed by atoms with Crippen molar-refractivity contribution in [2.24, 2.45) is 5.41 Å². The lowest BCUT2D eigenvalue weighted by Crippen LogP contribution is -2.42. The second-order valence-electron chi connectivity index (χ2n) is 5.61. The molecule has 0 aromatic heterocycles. The van der Waals surface area contributed by atoms with Crippen LogP contribution in [-0.4, -0.2) is 25.7 Å². The standard InChI is InChI=1S/C16H24N2O2/c1-2-20-10-9-16(7-4-8-16)12-18-15(19)13-5-3-6-14(17)11-13/h3,5-6,11H,2,4,7-10,12,17H2,1H3,(H,18,19). The van der Waals surface area contributed by atoms with Crippen molar-refractivity contribution in [3.63, 3.8) is 0 Å². The Balaban J connectivity index is 1.85. The number of nitrogens with one attached hydrogen (secondary N) is 1. The third kappa shape index (κ3) is 3.73. The highest BCUT2D eigenvalue weighted by molar-refractivity contribution is 5.95. The van der Waals surface area contributed by atoms with E-state index in [0.29, 0.717) is 11.3 Å². The lowest BCUT2D eigenvalue weighted by molar-refractivity contribution is 0.0513. The zero-order valence-corrected chi connectivity index (χ0v) is 12.2. The Morgan fingerprint density at radius 3 is 2.85 bits per heavy atom. The van der Waals surface area contributed by atoms with Crippen LogP contribution in [-0.2, 0) is 4.74 Å². The molecular weight excluding hydrogens is 252 g/mol. The summed E-state index contributed by atoms with van der Waals surface area (Å²) in [5.74, 6) is -0.0417. The van der Waals surface area contributed by atoms with E-state index < -0.39 is 0 Å². The van der Waals surface area contributed by atoms with Gasteiger partial charge in [0.05, 0.1) is 0 Å². The Morgan fingerprint density at radius 2 is 2.25 bits per heavy atom. The summed E-state index contributed by atoms with van der Waals surface area (Å²) in [4.78, 5) is 12.1. The number of amides is 1. The number of carbonyl (C=O) groups excluding carboxylic acids is 1. The molecule has 4 heteroatoms. The first kappa shape index (κ1) is 14.9. The summed E-state index contributed by atoms with van der Waals surface area (Å²) in [7, 11) is 0. The summed E-state index contributed by atoms with van der Waals surface area (Å²) in [5, 5.41) is 3.05. The summed E-state index contributed by atoms with van der Waals surface area (Å²) in [5.41, 5.74) is 7.19. The van der Waals surface area contributed by atoms with Gasteiger partial charge in [0.25, 0.3) is 5.91 Å². The predicted octanol–water partition coefficient (Wildman–Crippen LogP) is 2.60. The number of ether oxygens (including phenoxy) is 1. The van der Waals surface area contributed by atoms with Crippen LogP contribution in [0, 0.1) is 5.41 Å². The Kier molecular flexibility index (Phi) is 5.01. The van der Waals surface area contributed by atoms with E-state index in [1.54, 1.807) is 24.3 Å². The summed E-state index contributed by atoms with van der Waals surface area (Å²) >= 11 is 0. The summed E-state index contributed by atoms with van der Waals surface area (Å²) < 4.78 is 5.44. The maximum Gasteiger partial charge on any atom is 0.251 e. The van der Waals surface area contributed by atoms with Crippen molar-refractivity contribution in [2.45, 2.75) is 32.6 Å². The van der Waals surface area contributed by atoms with Gasteiger partial charge in [0.15, 0.2) is 0 Å². The molecule has 1 aromatic rings. The van der Waals surface area contributed by atoms with E-state index in [4.69, 9.17) is 10.5 Å². The highest BCUT2D eigenvalue weighted by atomic mass is 16.5. The van der Waals surface area contributed by atoms with Crippen molar-refractivity contribution in [3.05, 3.63) is 29.8 Å². The lowest BCUT2D eigenvalue weighted by atomic mass is 9.66. The SMILES string of the molecule is CCOCCC1(CNC(=O)c2cccc(N)c2)CCC1. The minimum Gasteiger partial charge on any atom is -0.399 e. The molecule has 0 unspecified atom stereocenters. The van der Waals surface area contributed by atoms with Crippen LogP contribution in [0.3, 0.4) is 0 Å². The molecule has 0 saturated heterocycles. The predicted molar refractivity (Wildman–Crippen MR) is 80.6 cm³/mol. The molecule has 0 aliphatic heterocycles. The van der Waals surface area contributed by atoms with Gasteiger partial charge in [-0.25, -0.2) is 0 Å². The third-order valence-electron chi connectivity index (χ3n) is 4.17. The second-order valence-corrected chi connectivity index (χ2v) is 5.61. The molecule has 110 valence electrons. The van der Waals surface area contributed by atoms with Gasteiger partial charge in [-0.1, -0.05) is 12.5 Å². The first-order valence-corrected chi connectivity index (χ1v) is 7.37. The molecule has 0 bridgehead atoms. The molecular formula is C16H24N2O2. The first-order valence-electron chi connectivity index (χ1n) is 7.37. The normalized spacial score (nSPS) is 16.4. The summed E-state index contributed by atoms with van der Waals surface area (Å²) in [6, 6.07) is 7.09. The van der Waals surface area contributed by atoms with E-state index in [2.05, 4.69) is 5.32 Å². The van der Waals surface area contributed by atoms with Crippen LogP contribution in [0.1, 0.15) is 43.0 Å². The molecule has 0 radical (unpaired) electrons. The smallest absolute Gasteiger partial charge is 0.251 e. The zero-order valence-electron chi connectivity index (χ0n) is 12.2. The molecule has 0 atom stereocenters. The van der Waals surface area contributed by atoms with E-state index in [0.717, 1.165) is 26.2 Å². The largest absolute Gasteiger partial charge is 0.399 e. The molecule has 0 heterocycles. The highest BCUT2D eigenvalue weighted by Crippen LogP contribution is 2.43. The molecule has 1 aromatic carbocycles. The van der Waals surface area contributed by atoms with Gasteiger partial charge in [-0.15, -0.1) is 0 Å². The van der Waals surface area contributed by atoms with Gasteiger partial charge < -0.3 is 15.8 Å². The second kappa shape index (κ2) is 6.75. The third-order valence-corrected chi connectivity index (χ3v) is 4.17. The fourth-order valence-electron chi connectivity index (χ4n) is 2.67. The van der Waals surface area contributed by atoms with Gasteiger partial charge in [-0.05, 0) is 49.8 Å². The maximum absolute atomic E-state index is 12.1. The molecule has 4 nitrogen and oxygen atoms in total. The number of anilines is 1. The van der Waals surface area contributed by atoms with Crippen LogP contribution in [0.2, 0.25) is 0 Å². The fraction of sp³-hybridized carbons (Fsp3) is 0.562. The van der Waals surface area contributed by atoms with Gasteiger partial charge in [-0.3, -0.25) is 4.79 Å². The molecule has 20 heavy (non-hydrogen) atoms. The van der Waals surface area contributed by atoms with Crippen LogP contribution in [0.4, 0.5) is 5.69 Å². The van der Waals surface area contributed by atoms with Crippen molar-refractivity contribution in [1.29, 1.82) is 0 Å². The highest BCUT2D eigenvalue weighted by Gasteiger charge is 2.36. The Hall–Kier alpha value is -1.55.